The molecule has 1 aliphatic heterocycles. The van der Waals surface area contributed by atoms with E-state index in [0.29, 0.717) is 0 Å². The fourth-order valence-corrected chi connectivity index (χ4v) is 3.14. The molecule has 1 amide bonds. The second-order valence-electron chi connectivity index (χ2n) is 7.02. The van der Waals surface area contributed by atoms with Crippen LogP contribution in [-0.2, 0) is 4.79 Å². The molecule has 2 aromatic carbocycles. The number of hydrogen-bond acceptors (Lipinski definition) is 2. The Hall–Kier alpha value is -3.14. The first-order valence-electron chi connectivity index (χ1n) is 9.31. The highest BCUT2D eigenvalue weighted by Gasteiger charge is 2.18. The Morgan fingerprint density at radius 1 is 1.04 bits per heavy atom. The van der Waals surface area contributed by atoms with Crippen LogP contribution in [0, 0.1) is 13.8 Å². The second kappa shape index (κ2) is 7.23. The molecule has 0 unspecified atom stereocenters. The molecule has 1 aliphatic rings. The molecular formula is C23H23N3O. The summed E-state index contributed by atoms with van der Waals surface area (Å²) in [6.07, 6.45) is 6.63. The lowest BCUT2D eigenvalue weighted by Gasteiger charge is -2.29. The zero-order valence-corrected chi connectivity index (χ0v) is 15.7. The molecule has 1 saturated heterocycles. The normalized spacial score (nSPS) is 13.8. The van der Waals surface area contributed by atoms with E-state index in [4.69, 9.17) is 5.10 Å². The number of rotatable bonds is 4. The predicted molar refractivity (Wildman–Crippen MR) is 109 cm³/mol. The molecule has 27 heavy (non-hydrogen) atoms. The monoisotopic (exact) mass is 357 g/mol. The van der Waals surface area contributed by atoms with Crippen LogP contribution in [-0.4, -0.2) is 33.7 Å². The second-order valence-corrected chi connectivity index (χ2v) is 7.02. The van der Waals surface area contributed by atoms with Gasteiger partial charge in [0.15, 0.2) is 0 Å². The molecule has 0 spiro atoms. The van der Waals surface area contributed by atoms with Crippen molar-refractivity contribution in [1.82, 2.24) is 14.7 Å². The molecular weight excluding hydrogens is 334 g/mol. The molecule has 3 aromatic rings. The first-order chi connectivity index (χ1) is 13.1. The Kier molecular flexibility index (Phi) is 4.63. The highest BCUT2D eigenvalue weighted by molar-refractivity contribution is 5.93. The van der Waals surface area contributed by atoms with Crippen LogP contribution in [0.3, 0.4) is 0 Å². The zero-order valence-electron chi connectivity index (χ0n) is 15.7. The summed E-state index contributed by atoms with van der Waals surface area (Å²) in [6, 6.07) is 16.4. The van der Waals surface area contributed by atoms with E-state index in [1.54, 1.807) is 6.08 Å². The van der Waals surface area contributed by atoms with Gasteiger partial charge in [-0.2, -0.15) is 5.10 Å². The molecule has 0 atom stereocenters. The predicted octanol–water partition coefficient (Wildman–Crippen LogP) is 4.40. The van der Waals surface area contributed by atoms with Gasteiger partial charge in [-0.25, -0.2) is 4.68 Å². The zero-order chi connectivity index (χ0) is 18.8. The molecule has 1 aromatic heterocycles. The van der Waals surface area contributed by atoms with Gasteiger partial charge in [0.25, 0.3) is 0 Å². The number of nitrogens with zero attached hydrogens (tertiary/aromatic N) is 3. The molecule has 0 saturated carbocycles. The average Bonchev–Trinajstić information content (AvgIpc) is 3.06. The van der Waals surface area contributed by atoms with E-state index in [2.05, 4.69) is 32.0 Å². The largest absolute Gasteiger partial charge is 0.339 e. The summed E-state index contributed by atoms with van der Waals surface area (Å²) >= 11 is 0. The van der Waals surface area contributed by atoms with Gasteiger partial charge in [0.2, 0.25) is 5.91 Å². The number of aryl methyl sites for hydroxylation is 2. The number of likely N-dealkylation sites (tertiary alicyclic amines) is 1. The van der Waals surface area contributed by atoms with Crippen molar-refractivity contribution in [2.75, 3.05) is 13.1 Å². The van der Waals surface area contributed by atoms with Gasteiger partial charge in [0.05, 0.1) is 11.4 Å². The van der Waals surface area contributed by atoms with E-state index in [-0.39, 0.29) is 5.91 Å². The van der Waals surface area contributed by atoms with Crippen LogP contribution >= 0.6 is 0 Å². The van der Waals surface area contributed by atoms with Crippen molar-refractivity contribution >= 4 is 12.0 Å². The quantitative estimate of drug-likeness (QED) is 0.649. The lowest BCUT2D eigenvalue weighted by Crippen LogP contribution is -2.40. The van der Waals surface area contributed by atoms with E-state index in [0.717, 1.165) is 42.0 Å². The van der Waals surface area contributed by atoms with Crippen molar-refractivity contribution in [1.29, 1.82) is 0 Å². The van der Waals surface area contributed by atoms with Crippen molar-refractivity contribution in [3.63, 3.8) is 0 Å². The van der Waals surface area contributed by atoms with Crippen LogP contribution in [0.1, 0.15) is 23.1 Å². The van der Waals surface area contributed by atoms with E-state index < -0.39 is 0 Å². The third-order valence-electron chi connectivity index (χ3n) is 5.12. The van der Waals surface area contributed by atoms with E-state index in [1.807, 2.05) is 52.2 Å². The Bertz CT molecular complexity index is 998. The van der Waals surface area contributed by atoms with Gasteiger partial charge >= 0.3 is 0 Å². The third-order valence-corrected chi connectivity index (χ3v) is 5.12. The molecule has 4 rings (SSSR count). The molecule has 0 N–H and O–H groups in total. The van der Waals surface area contributed by atoms with Crippen LogP contribution in [0.25, 0.3) is 23.0 Å². The molecule has 1 fully saturated rings. The molecule has 4 nitrogen and oxygen atoms in total. The summed E-state index contributed by atoms with van der Waals surface area (Å²) in [5, 5.41) is 4.82. The first-order valence-corrected chi connectivity index (χ1v) is 9.31. The summed E-state index contributed by atoms with van der Waals surface area (Å²) < 4.78 is 1.87. The minimum absolute atomic E-state index is 0.0692. The number of hydrogen-bond donors (Lipinski definition) is 0. The minimum Gasteiger partial charge on any atom is -0.339 e. The number of aromatic nitrogens is 2. The molecule has 4 heteroatoms. The van der Waals surface area contributed by atoms with E-state index in [1.165, 1.54) is 11.1 Å². The maximum atomic E-state index is 12.2. The maximum Gasteiger partial charge on any atom is 0.246 e. The van der Waals surface area contributed by atoms with E-state index >= 15 is 0 Å². The minimum atomic E-state index is 0.0692. The van der Waals surface area contributed by atoms with Crippen LogP contribution in [0.5, 0.6) is 0 Å². The van der Waals surface area contributed by atoms with Gasteiger partial charge in [-0.05, 0) is 55.7 Å². The van der Waals surface area contributed by atoms with Crippen LogP contribution < -0.4 is 0 Å². The fraction of sp³-hybridized carbons (Fsp3) is 0.217. The molecule has 2 heterocycles. The molecule has 0 aliphatic carbocycles. The number of carbonyl (C=O) groups is 1. The Labute approximate surface area is 159 Å². The molecule has 136 valence electrons. The van der Waals surface area contributed by atoms with Crippen LogP contribution in [0.15, 0.2) is 60.8 Å². The number of carbonyl (C=O) groups excluding carboxylic acids is 1. The highest BCUT2D eigenvalue weighted by atomic mass is 16.2. The van der Waals surface area contributed by atoms with Crippen molar-refractivity contribution in [3.8, 4) is 16.9 Å². The number of amides is 1. The number of para-hydroxylation sites is 1. The highest BCUT2D eigenvalue weighted by Crippen LogP contribution is 2.27. The topological polar surface area (TPSA) is 38.1 Å². The lowest BCUT2D eigenvalue weighted by molar-refractivity contribution is -0.129. The van der Waals surface area contributed by atoms with Gasteiger partial charge < -0.3 is 4.90 Å². The van der Waals surface area contributed by atoms with Crippen molar-refractivity contribution in [2.45, 2.75) is 20.3 Å². The smallest absolute Gasteiger partial charge is 0.246 e. The van der Waals surface area contributed by atoms with E-state index in [9.17, 15) is 4.79 Å². The van der Waals surface area contributed by atoms with Crippen LogP contribution in [0.4, 0.5) is 0 Å². The Morgan fingerprint density at radius 3 is 2.48 bits per heavy atom. The Morgan fingerprint density at radius 2 is 1.81 bits per heavy atom. The molecule has 0 bridgehead atoms. The SMILES string of the molecule is Cc1ccc(-c2nn(-c3ccccc3)cc2/C=C/C(=O)N2CCC2)cc1C. The summed E-state index contributed by atoms with van der Waals surface area (Å²) in [5.74, 6) is 0.0692. The van der Waals surface area contributed by atoms with Gasteiger partial charge in [-0.1, -0.05) is 30.3 Å². The lowest BCUT2D eigenvalue weighted by atomic mass is 10.0. The average molecular weight is 357 g/mol. The number of benzene rings is 2. The van der Waals surface area contributed by atoms with Gasteiger partial charge in [-0.15, -0.1) is 0 Å². The summed E-state index contributed by atoms with van der Waals surface area (Å²) in [4.78, 5) is 14.1. The summed E-state index contributed by atoms with van der Waals surface area (Å²) in [7, 11) is 0. The third kappa shape index (κ3) is 3.56. The maximum absolute atomic E-state index is 12.2. The van der Waals surface area contributed by atoms with Crippen molar-refractivity contribution < 1.29 is 4.79 Å². The van der Waals surface area contributed by atoms with Gasteiger partial charge in [-0.3, -0.25) is 4.79 Å². The fourth-order valence-electron chi connectivity index (χ4n) is 3.14. The molecule has 0 radical (unpaired) electrons. The van der Waals surface area contributed by atoms with Gasteiger partial charge in [0, 0.05) is 36.5 Å². The van der Waals surface area contributed by atoms with Crippen molar-refractivity contribution in [3.05, 3.63) is 77.5 Å². The Balaban J connectivity index is 1.75. The van der Waals surface area contributed by atoms with Gasteiger partial charge in [0.1, 0.15) is 0 Å². The van der Waals surface area contributed by atoms with Crippen molar-refractivity contribution in [2.24, 2.45) is 0 Å². The summed E-state index contributed by atoms with van der Waals surface area (Å²) in [5.41, 5.74) is 6.37. The summed E-state index contributed by atoms with van der Waals surface area (Å²) in [6.45, 7) is 5.93. The standard InChI is InChI=1S/C23H23N3O/c1-17-9-10-19(15-18(17)2)23-20(11-12-22(27)25-13-6-14-25)16-26(24-23)21-7-4-3-5-8-21/h3-5,7-12,15-16H,6,13-14H2,1-2H3/b12-11+. The first kappa shape index (κ1) is 17.3. The van der Waals surface area contributed by atoms with Crippen LogP contribution in [0.2, 0.25) is 0 Å².